The van der Waals surface area contributed by atoms with Crippen LogP contribution in [-0.4, -0.2) is 30.0 Å². The van der Waals surface area contributed by atoms with Gasteiger partial charge < -0.3 is 9.47 Å². The fourth-order valence-electron chi connectivity index (χ4n) is 2.57. The van der Waals surface area contributed by atoms with E-state index in [0.29, 0.717) is 30.4 Å². The van der Waals surface area contributed by atoms with E-state index < -0.39 is 11.7 Å². The highest BCUT2D eigenvalue weighted by Crippen LogP contribution is 2.28. The molecule has 1 amide bonds. The fraction of sp³-hybridized carbons (Fsp3) is 0.636. The molecular formula is C22H34BrNO4S. The maximum Gasteiger partial charge on any atom is 0.412 e. The lowest BCUT2D eigenvalue weighted by Crippen LogP contribution is -2.27. The van der Waals surface area contributed by atoms with Crippen molar-refractivity contribution in [3.05, 3.63) is 22.7 Å². The highest BCUT2D eigenvalue weighted by Gasteiger charge is 2.16. The molecule has 164 valence electrons. The third-order valence-electron chi connectivity index (χ3n) is 4.11. The van der Waals surface area contributed by atoms with Gasteiger partial charge in [-0.25, -0.2) is 4.79 Å². The van der Waals surface area contributed by atoms with E-state index in [0.717, 1.165) is 22.2 Å². The van der Waals surface area contributed by atoms with E-state index in [4.69, 9.17) is 9.47 Å². The van der Waals surface area contributed by atoms with Gasteiger partial charge in [-0.3, -0.25) is 10.1 Å². The molecule has 1 aromatic rings. The number of unbranched alkanes of at least 4 members (excludes halogenated alkanes) is 1. The Bertz CT molecular complexity index is 661. The Morgan fingerprint density at radius 1 is 1.21 bits per heavy atom. The normalized spacial score (nSPS) is 12.3. The second-order valence-electron chi connectivity index (χ2n) is 8.00. The van der Waals surface area contributed by atoms with E-state index >= 15 is 0 Å². The van der Waals surface area contributed by atoms with Gasteiger partial charge >= 0.3 is 12.1 Å². The molecule has 1 N–H and O–H groups in total. The third kappa shape index (κ3) is 12.2. The van der Waals surface area contributed by atoms with Crippen LogP contribution in [0.1, 0.15) is 66.7 Å². The highest BCUT2D eigenvalue weighted by atomic mass is 79.9. The topological polar surface area (TPSA) is 64.6 Å². The molecule has 0 aliphatic rings. The van der Waals surface area contributed by atoms with Gasteiger partial charge in [0.05, 0.1) is 13.0 Å². The van der Waals surface area contributed by atoms with Crippen LogP contribution in [0.2, 0.25) is 0 Å². The van der Waals surface area contributed by atoms with Crippen molar-refractivity contribution in [2.45, 2.75) is 77.2 Å². The molecule has 0 radical (unpaired) electrons. The smallest absolute Gasteiger partial charge is 0.412 e. The summed E-state index contributed by atoms with van der Waals surface area (Å²) in [7, 11) is 0. The second-order valence-corrected chi connectivity index (χ2v) is 10.1. The van der Waals surface area contributed by atoms with Gasteiger partial charge in [-0.2, -0.15) is 0 Å². The van der Waals surface area contributed by atoms with Gasteiger partial charge in [-0.1, -0.05) is 49.0 Å². The molecule has 1 atom stereocenters. The molecule has 0 saturated carbocycles. The monoisotopic (exact) mass is 487 g/mol. The molecule has 0 saturated heterocycles. The minimum absolute atomic E-state index is 0.158. The van der Waals surface area contributed by atoms with E-state index in [1.165, 1.54) is 12.8 Å². The minimum atomic E-state index is -0.554. The molecule has 0 aromatic heterocycles. The number of carbonyl (C=O) groups excluding carboxylic acids is 2. The number of ether oxygens (including phenoxy) is 2. The number of anilines is 1. The van der Waals surface area contributed by atoms with E-state index in [2.05, 4.69) is 35.1 Å². The molecular weight excluding hydrogens is 454 g/mol. The predicted octanol–water partition coefficient (Wildman–Crippen LogP) is 7.04. The Balaban J connectivity index is 2.46. The van der Waals surface area contributed by atoms with E-state index in [9.17, 15) is 9.59 Å². The van der Waals surface area contributed by atoms with Crippen LogP contribution in [0.5, 0.6) is 0 Å². The Labute approximate surface area is 187 Å². The summed E-state index contributed by atoms with van der Waals surface area (Å²) < 4.78 is 11.6. The van der Waals surface area contributed by atoms with Crippen molar-refractivity contribution < 1.29 is 19.1 Å². The quantitative estimate of drug-likeness (QED) is 0.267. The summed E-state index contributed by atoms with van der Waals surface area (Å²) in [5.41, 5.74) is 0.0851. The standard InChI is InChI=1S/C22H34BrNO4S/c1-6-8-9-16(7-2)15-27-20(25)10-11-29-19-13-17(23)12-18(14-19)24-21(26)28-22(3,4)5/h12-14,16H,6-11,15H2,1-5H3,(H,24,26). The molecule has 1 rings (SSSR count). The average Bonchev–Trinajstić information content (AvgIpc) is 2.59. The van der Waals surface area contributed by atoms with Crippen molar-refractivity contribution >= 4 is 45.4 Å². The lowest BCUT2D eigenvalue weighted by molar-refractivity contribution is -0.144. The molecule has 0 aliphatic carbocycles. The number of rotatable bonds is 11. The molecule has 5 nitrogen and oxygen atoms in total. The number of thioether (sulfide) groups is 1. The van der Waals surface area contributed by atoms with Crippen LogP contribution in [0.15, 0.2) is 27.6 Å². The summed E-state index contributed by atoms with van der Waals surface area (Å²) in [5, 5.41) is 2.74. The van der Waals surface area contributed by atoms with Crippen molar-refractivity contribution in [1.29, 1.82) is 0 Å². The maximum absolute atomic E-state index is 12.0. The first-order valence-electron chi connectivity index (χ1n) is 10.2. The van der Waals surface area contributed by atoms with Crippen LogP contribution >= 0.6 is 27.7 Å². The highest BCUT2D eigenvalue weighted by molar-refractivity contribution is 9.10. The van der Waals surface area contributed by atoms with Gasteiger partial charge in [0.2, 0.25) is 0 Å². The predicted molar refractivity (Wildman–Crippen MR) is 124 cm³/mol. The molecule has 0 fully saturated rings. The largest absolute Gasteiger partial charge is 0.465 e. The van der Waals surface area contributed by atoms with Gasteiger partial charge in [0.1, 0.15) is 5.60 Å². The SMILES string of the molecule is CCCCC(CC)COC(=O)CCSc1cc(Br)cc(NC(=O)OC(C)(C)C)c1. The zero-order chi connectivity index (χ0) is 21.9. The van der Waals surface area contributed by atoms with Gasteiger partial charge in [0, 0.05) is 20.8 Å². The average molecular weight is 488 g/mol. The van der Waals surface area contributed by atoms with Crippen LogP contribution in [-0.2, 0) is 14.3 Å². The van der Waals surface area contributed by atoms with Crippen LogP contribution in [0.3, 0.4) is 0 Å². The van der Waals surface area contributed by atoms with Crippen molar-refractivity contribution in [3.8, 4) is 0 Å². The van der Waals surface area contributed by atoms with E-state index in [-0.39, 0.29) is 5.97 Å². The maximum atomic E-state index is 12.0. The van der Waals surface area contributed by atoms with Gasteiger partial charge in [-0.05, 0) is 51.3 Å². The van der Waals surface area contributed by atoms with E-state index in [1.807, 2.05) is 39.0 Å². The number of esters is 1. The van der Waals surface area contributed by atoms with Crippen LogP contribution in [0.25, 0.3) is 0 Å². The molecule has 0 aliphatic heterocycles. The van der Waals surface area contributed by atoms with Gasteiger partial charge in [0.15, 0.2) is 0 Å². The lowest BCUT2D eigenvalue weighted by Gasteiger charge is -2.20. The molecule has 1 aromatic carbocycles. The second kappa shape index (κ2) is 13.2. The summed E-state index contributed by atoms with van der Waals surface area (Å²) in [5.74, 6) is 0.917. The summed E-state index contributed by atoms with van der Waals surface area (Å²) >= 11 is 5.01. The zero-order valence-electron chi connectivity index (χ0n) is 18.2. The number of carbonyl (C=O) groups is 2. The lowest BCUT2D eigenvalue weighted by atomic mass is 10.0. The number of amides is 1. The molecule has 1 unspecified atom stereocenters. The summed E-state index contributed by atoms with van der Waals surface area (Å²) in [6.45, 7) is 10.3. The number of hydrogen-bond donors (Lipinski definition) is 1. The van der Waals surface area contributed by atoms with Crippen LogP contribution < -0.4 is 5.32 Å². The van der Waals surface area contributed by atoms with Gasteiger partial charge in [0.25, 0.3) is 0 Å². The first kappa shape index (κ1) is 25.8. The number of nitrogens with one attached hydrogen (secondary N) is 1. The summed E-state index contributed by atoms with van der Waals surface area (Å²) in [6.07, 6.45) is 4.35. The molecule has 7 heteroatoms. The number of halogens is 1. The molecule has 0 heterocycles. The third-order valence-corrected chi connectivity index (χ3v) is 5.55. The van der Waals surface area contributed by atoms with Crippen LogP contribution in [0.4, 0.5) is 10.5 Å². The Kier molecular flexibility index (Phi) is 11.7. The zero-order valence-corrected chi connectivity index (χ0v) is 20.6. The Hall–Kier alpha value is -1.21. The van der Waals surface area contributed by atoms with Crippen molar-refractivity contribution in [2.24, 2.45) is 5.92 Å². The van der Waals surface area contributed by atoms with Crippen LogP contribution in [0, 0.1) is 5.92 Å². The fourth-order valence-corrected chi connectivity index (χ4v) is 4.14. The molecule has 29 heavy (non-hydrogen) atoms. The van der Waals surface area contributed by atoms with Crippen molar-refractivity contribution in [1.82, 2.24) is 0 Å². The van der Waals surface area contributed by atoms with Crippen molar-refractivity contribution in [2.75, 3.05) is 17.7 Å². The van der Waals surface area contributed by atoms with Crippen molar-refractivity contribution in [3.63, 3.8) is 0 Å². The first-order valence-corrected chi connectivity index (χ1v) is 12.0. The minimum Gasteiger partial charge on any atom is -0.465 e. The van der Waals surface area contributed by atoms with E-state index in [1.54, 1.807) is 11.8 Å². The van der Waals surface area contributed by atoms with Gasteiger partial charge in [-0.15, -0.1) is 11.8 Å². The first-order chi connectivity index (χ1) is 13.6. The Morgan fingerprint density at radius 3 is 2.55 bits per heavy atom. The number of benzene rings is 1. The molecule has 0 spiro atoms. The summed E-state index contributed by atoms with van der Waals surface area (Å²) in [6, 6.07) is 5.63. The summed E-state index contributed by atoms with van der Waals surface area (Å²) in [4.78, 5) is 24.9. The molecule has 0 bridgehead atoms. The number of hydrogen-bond acceptors (Lipinski definition) is 5. The Morgan fingerprint density at radius 2 is 1.93 bits per heavy atom.